The zero-order chi connectivity index (χ0) is 17.6. The van der Waals surface area contributed by atoms with Gasteiger partial charge in [-0.05, 0) is 5.56 Å². The zero-order valence-corrected chi connectivity index (χ0v) is 14.3. The lowest BCUT2D eigenvalue weighted by Gasteiger charge is -2.11. The van der Waals surface area contributed by atoms with Gasteiger partial charge in [0.25, 0.3) is 0 Å². The summed E-state index contributed by atoms with van der Waals surface area (Å²) in [7, 11) is 0. The van der Waals surface area contributed by atoms with Crippen molar-refractivity contribution in [1.29, 1.82) is 0 Å². The van der Waals surface area contributed by atoms with E-state index in [9.17, 15) is 0 Å². The number of hydrogen-bond donors (Lipinski definition) is 1. The molecule has 4 rings (SSSR count). The van der Waals surface area contributed by atoms with Gasteiger partial charge in [0.2, 0.25) is 0 Å². The van der Waals surface area contributed by atoms with E-state index in [1.807, 2.05) is 72.8 Å². The monoisotopic (exact) mass is 337 g/mol. The van der Waals surface area contributed by atoms with Crippen LogP contribution in [-0.4, -0.2) is 9.97 Å². The van der Waals surface area contributed by atoms with E-state index in [1.54, 1.807) is 0 Å². The Kier molecular flexibility index (Phi) is 4.70. The second-order valence-electron chi connectivity index (χ2n) is 6.03. The molecule has 4 aromatic rings. The summed E-state index contributed by atoms with van der Waals surface area (Å²) in [5, 5.41) is 3.43. The number of rotatable bonds is 5. The molecule has 0 atom stereocenters. The Labute approximate surface area is 153 Å². The average Bonchev–Trinajstić information content (AvgIpc) is 2.74. The number of benzene rings is 3. The lowest BCUT2D eigenvalue weighted by Crippen LogP contribution is -2.04. The van der Waals surface area contributed by atoms with E-state index < -0.39 is 0 Å². The SMILES string of the molecule is c1ccc(CNc2cc(-c3ccccc3)nc(-c3ccccc3)n2)cc1. The van der Waals surface area contributed by atoms with Crippen LogP contribution in [0, 0.1) is 0 Å². The lowest BCUT2D eigenvalue weighted by atomic mass is 10.1. The first-order valence-corrected chi connectivity index (χ1v) is 8.66. The molecule has 0 amide bonds. The van der Waals surface area contributed by atoms with Crippen LogP contribution in [0.4, 0.5) is 5.82 Å². The minimum Gasteiger partial charge on any atom is -0.366 e. The molecule has 3 aromatic carbocycles. The highest BCUT2D eigenvalue weighted by Gasteiger charge is 2.08. The van der Waals surface area contributed by atoms with Crippen LogP contribution in [0.25, 0.3) is 22.6 Å². The molecule has 126 valence electrons. The van der Waals surface area contributed by atoms with Gasteiger partial charge in [0.1, 0.15) is 5.82 Å². The highest BCUT2D eigenvalue weighted by atomic mass is 15.0. The fourth-order valence-corrected chi connectivity index (χ4v) is 2.80. The summed E-state index contributed by atoms with van der Waals surface area (Å²) in [4.78, 5) is 9.50. The van der Waals surface area contributed by atoms with Gasteiger partial charge in [0.05, 0.1) is 5.69 Å². The van der Waals surface area contributed by atoms with Crippen LogP contribution in [0.15, 0.2) is 97.1 Å². The summed E-state index contributed by atoms with van der Waals surface area (Å²) in [6.45, 7) is 0.723. The summed E-state index contributed by atoms with van der Waals surface area (Å²) in [5.41, 5.74) is 4.21. The van der Waals surface area contributed by atoms with E-state index in [0.29, 0.717) is 0 Å². The molecule has 1 N–H and O–H groups in total. The molecule has 0 fully saturated rings. The Hall–Kier alpha value is -3.46. The van der Waals surface area contributed by atoms with Crippen molar-refractivity contribution in [2.45, 2.75) is 6.54 Å². The van der Waals surface area contributed by atoms with Crippen molar-refractivity contribution in [2.24, 2.45) is 0 Å². The molecule has 3 heteroatoms. The first-order valence-electron chi connectivity index (χ1n) is 8.66. The topological polar surface area (TPSA) is 37.8 Å². The Balaban J connectivity index is 1.70. The van der Waals surface area contributed by atoms with Gasteiger partial charge in [-0.3, -0.25) is 0 Å². The van der Waals surface area contributed by atoms with Gasteiger partial charge in [0.15, 0.2) is 5.82 Å². The molecule has 1 heterocycles. The number of hydrogen-bond acceptors (Lipinski definition) is 3. The van der Waals surface area contributed by atoms with Crippen molar-refractivity contribution in [3.63, 3.8) is 0 Å². The predicted molar refractivity (Wildman–Crippen MR) is 107 cm³/mol. The fourth-order valence-electron chi connectivity index (χ4n) is 2.80. The van der Waals surface area contributed by atoms with Gasteiger partial charge in [0, 0.05) is 23.7 Å². The summed E-state index contributed by atoms with van der Waals surface area (Å²) in [5.74, 6) is 1.55. The second-order valence-corrected chi connectivity index (χ2v) is 6.03. The number of nitrogens with one attached hydrogen (secondary N) is 1. The maximum Gasteiger partial charge on any atom is 0.162 e. The third-order valence-corrected chi connectivity index (χ3v) is 4.14. The first-order chi connectivity index (χ1) is 12.9. The largest absolute Gasteiger partial charge is 0.366 e. The Morgan fingerprint density at radius 1 is 0.615 bits per heavy atom. The number of nitrogens with zero attached hydrogens (tertiary/aromatic N) is 2. The molecular formula is C23H19N3. The highest BCUT2D eigenvalue weighted by Crippen LogP contribution is 2.24. The van der Waals surface area contributed by atoms with E-state index in [2.05, 4.69) is 29.6 Å². The highest BCUT2D eigenvalue weighted by molar-refractivity contribution is 5.67. The molecule has 0 saturated heterocycles. The van der Waals surface area contributed by atoms with Gasteiger partial charge in [-0.1, -0.05) is 91.0 Å². The molecule has 0 saturated carbocycles. The Morgan fingerprint density at radius 3 is 1.85 bits per heavy atom. The molecule has 26 heavy (non-hydrogen) atoms. The summed E-state index contributed by atoms with van der Waals surface area (Å²) in [6.07, 6.45) is 0. The van der Waals surface area contributed by atoms with E-state index in [0.717, 1.165) is 35.0 Å². The van der Waals surface area contributed by atoms with Crippen LogP contribution >= 0.6 is 0 Å². The predicted octanol–water partition coefficient (Wildman–Crippen LogP) is 5.42. The van der Waals surface area contributed by atoms with Crippen molar-refractivity contribution in [3.8, 4) is 22.6 Å². The van der Waals surface area contributed by atoms with Crippen LogP contribution < -0.4 is 5.32 Å². The van der Waals surface area contributed by atoms with E-state index in [-0.39, 0.29) is 0 Å². The van der Waals surface area contributed by atoms with E-state index in [4.69, 9.17) is 9.97 Å². The molecule has 0 radical (unpaired) electrons. The van der Waals surface area contributed by atoms with Crippen LogP contribution in [0.2, 0.25) is 0 Å². The fraction of sp³-hybridized carbons (Fsp3) is 0.0435. The van der Waals surface area contributed by atoms with Crippen molar-refractivity contribution >= 4 is 5.82 Å². The maximum absolute atomic E-state index is 4.78. The Morgan fingerprint density at radius 2 is 1.19 bits per heavy atom. The van der Waals surface area contributed by atoms with Gasteiger partial charge in [-0.2, -0.15) is 0 Å². The lowest BCUT2D eigenvalue weighted by molar-refractivity contribution is 1.09. The molecule has 0 aliphatic heterocycles. The molecule has 0 spiro atoms. The van der Waals surface area contributed by atoms with Gasteiger partial charge < -0.3 is 5.32 Å². The standard InChI is InChI=1S/C23H19N3/c1-4-10-18(11-5-1)17-24-22-16-21(19-12-6-2-7-13-19)25-23(26-22)20-14-8-3-9-15-20/h1-16H,17H2,(H,24,25,26). The first kappa shape index (κ1) is 16.0. The molecule has 0 unspecified atom stereocenters. The minimum atomic E-state index is 0.723. The van der Waals surface area contributed by atoms with Crippen molar-refractivity contribution in [2.75, 3.05) is 5.32 Å². The van der Waals surface area contributed by atoms with Crippen LogP contribution in [0.5, 0.6) is 0 Å². The molecular weight excluding hydrogens is 318 g/mol. The molecule has 0 bridgehead atoms. The quantitative estimate of drug-likeness (QED) is 0.528. The summed E-state index contributed by atoms with van der Waals surface area (Å²) >= 11 is 0. The third kappa shape index (κ3) is 3.78. The summed E-state index contributed by atoms with van der Waals surface area (Å²) in [6, 6.07) is 32.6. The third-order valence-electron chi connectivity index (χ3n) is 4.14. The molecule has 3 nitrogen and oxygen atoms in total. The van der Waals surface area contributed by atoms with Crippen LogP contribution in [-0.2, 0) is 6.54 Å². The Bertz CT molecular complexity index is 910. The van der Waals surface area contributed by atoms with Gasteiger partial charge >= 0.3 is 0 Å². The average molecular weight is 337 g/mol. The smallest absolute Gasteiger partial charge is 0.162 e. The molecule has 0 aliphatic rings. The van der Waals surface area contributed by atoms with Gasteiger partial charge in [-0.25, -0.2) is 9.97 Å². The van der Waals surface area contributed by atoms with Crippen molar-refractivity contribution < 1.29 is 0 Å². The van der Waals surface area contributed by atoms with Crippen LogP contribution in [0.1, 0.15) is 5.56 Å². The van der Waals surface area contributed by atoms with Crippen molar-refractivity contribution in [3.05, 3.63) is 103 Å². The minimum absolute atomic E-state index is 0.723. The number of anilines is 1. The van der Waals surface area contributed by atoms with Crippen LogP contribution in [0.3, 0.4) is 0 Å². The molecule has 1 aromatic heterocycles. The maximum atomic E-state index is 4.78. The van der Waals surface area contributed by atoms with Crippen molar-refractivity contribution in [1.82, 2.24) is 9.97 Å². The summed E-state index contributed by atoms with van der Waals surface area (Å²) < 4.78 is 0. The molecule has 0 aliphatic carbocycles. The van der Waals surface area contributed by atoms with E-state index in [1.165, 1.54) is 5.56 Å². The normalized spacial score (nSPS) is 10.5. The second kappa shape index (κ2) is 7.62. The van der Waals surface area contributed by atoms with E-state index >= 15 is 0 Å². The van der Waals surface area contributed by atoms with Gasteiger partial charge in [-0.15, -0.1) is 0 Å². The number of aromatic nitrogens is 2. The zero-order valence-electron chi connectivity index (χ0n) is 14.3.